The number of carbonyl (C=O) groups excluding carboxylic acids is 2. The number of amides is 2. The molecule has 1 heterocycles. The maximum Gasteiger partial charge on any atom is 0.307 e. The summed E-state index contributed by atoms with van der Waals surface area (Å²) in [5, 5.41) is 11.8. The van der Waals surface area contributed by atoms with Gasteiger partial charge in [-0.15, -0.1) is 0 Å². The Bertz CT molecular complexity index is 745. The van der Waals surface area contributed by atoms with Crippen LogP contribution in [0.3, 0.4) is 0 Å². The zero-order valence-electron chi connectivity index (χ0n) is 13.8. The highest BCUT2D eigenvalue weighted by Gasteiger charge is 2.66. The van der Waals surface area contributed by atoms with Crippen LogP contribution in [-0.2, 0) is 14.4 Å². The largest absolute Gasteiger partial charge is 0.481 e. The number of carboxylic acid groups (broad SMARTS) is 1. The molecule has 0 aromatic heterocycles. The monoisotopic (exact) mass is 352 g/mol. The zero-order valence-corrected chi connectivity index (χ0v) is 13.8. The maximum absolute atomic E-state index is 13.9. The van der Waals surface area contributed by atoms with Crippen molar-refractivity contribution in [2.24, 2.45) is 17.3 Å². The quantitative estimate of drug-likeness (QED) is 0.861. The van der Waals surface area contributed by atoms with Crippen LogP contribution in [0, 0.1) is 28.9 Å². The van der Waals surface area contributed by atoms with E-state index in [1.807, 2.05) is 0 Å². The molecule has 1 aromatic carbocycles. The van der Waals surface area contributed by atoms with Crippen molar-refractivity contribution < 1.29 is 28.3 Å². The topological polar surface area (TPSA) is 86.7 Å². The number of nitrogens with one attached hydrogen (secondary N) is 1. The third-order valence-electron chi connectivity index (χ3n) is 5.05. The lowest BCUT2D eigenvalue weighted by Gasteiger charge is -2.18. The Morgan fingerprint density at radius 2 is 1.84 bits per heavy atom. The smallest absolute Gasteiger partial charge is 0.307 e. The molecule has 3 rings (SSSR count). The van der Waals surface area contributed by atoms with E-state index in [0.29, 0.717) is 0 Å². The molecule has 2 amide bonds. The molecular weight excluding hydrogens is 334 g/mol. The summed E-state index contributed by atoms with van der Waals surface area (Å²) >= 11 is 0. The predicted octanol–water partition coefficient (Wildman–Crippen LogP) is 1.54. The summed E-state index contributed by atoms with van der Waals surface area (Å²) in [4.78, 5) is 36.6. The first kappa shape index (κ1) is 17.3. The van der Waals surface area contributed by atoms with Crippen molar-refractivity contribution >= 4 is 23.5 Å². The van der Waals surface area contributed by atoms with Gasteiger partial charge in [0.05, 0.1) is 17.9 Å². The standard InChI is InChI=1S/C17H18F2N2O4/c1-17(2)12(13(17)16(24)25)15(23)20-8-6-11(22)21(7-8)14-9(18)4-3-5-10(14)19/h3-5,8,12-13H,6-7H2,1-2H3,(H,20,23)(H,24,25)/t8?,12-,13+/m1/s1. The van der Waals surface area contributed by atoms with E-state index in [-0.39, 0.29) is 13.0 Å². The van der Waals surface area contributed by atoms with Crippen LogP contribution in [0.25, 0.3) is 0 Å². The molecule has 6 nitrogen and oxygen atoms in total. The van der Waals surface area contributed by atoms with Crippen molar-refractivity contribution in [2.75, 3.05) is 11.4 Å². The third-order valence-corrected chi connectivity index (χ3v) is 5.05. The Morgan fingerprint density at radius 1 is 1.24 bits per heavy atom. The SMILES string of the molecule is CC1(C)[C@H](C(=O)O)[C@@H]1C(=O)NC1CC(=O)N(c2c(F)cccc2F)C1. The highest BCUT2D eigenvalue weighted by atomic mass is 19.1. The average Bonchev–Trinajstić information content (AvgIpc) is 2.91. The molecule has 1 aromatic rings. The summed E-state index contributed by atoms with van der Waals surface area (Å²) in [6.45, 7) is 3.32. The van der Waals surface area contributed by atoms with E-state index in [1.54, 1.807) is 13.8 Å². The summed E-state index contributed by atoms with van der Waals surface area (Å²) in [5.41, 5.74) is -1.09. The molecule has 0 spiro atoms. The summed E-state index contributed by atoms with van der Waals surface area (Å²) < 4.78 is 27.7. The van der Waals surface area contributed by atoms with Crippen LogP contribution >= 0.6 is 0 Å². The fourth-order valence-corrected chi connectivity index (χ4v) is 3.65. The van der Waals surface area contributed by atoms with Gasteiger partial charge in [0.1, 0.15) is 17.3 Å². The number of nitrogens with zero attached hydrogens (tertiary/aromatic N) is 1. The number of hydrogen-bond donors (Lipinski definition) is 2. The van der Waals surface area contributed by atoms with Gasteiger partial charge in [-0.1, -0.05) is 19.9 Å². The normalized spacial score (nSPS) is 27.3. The van der Waals surface area contributed by atoms with Crippen molar-refractivity contribution in [3.8, 4) is 0 Å². The van der Waals surface area contributed by atoms with E-state index in [9.17, 15) is 23.2 Å². The molecule has 0 radical (unpaired) electrons. The predicted molar refractivity (Wildman–Crippen MR) is 83.7 cm³/mol. The number of halogens is 2. The van der Waals surface area contributed by atoms with E-state index in [1.165, 1.54) is 6.07 Å². The second kappa shape index (κ2) is 5.79. The number of hydrogen-bond acceptors (Lipinski definition) is 3. The Labute approximate surface area is 142 Å². The molecule has 25 heavy (non-hydrogen) atoms. The lowest BCUT2D eigenvalue weighted by Crippen LogP contribution is -2.39. The van der Waals surface area contributed by atoms with Crippen molar-refractivity contribution in [1.82, 2.24) is 5.32 Å². The lowest BCUT2D eigenvalue weighted by molar-refractivity contribution is -0.140. The molecule has 2 fully saturated rings. The van der Waals surface area contributed by atoms with Gasteiger partial charge >= 0.3 is 5.97 Å². The van der Waals surface area contributed by atoms with Gasteiger partial charge in [0, 0.05) is 13.0 Å². The van der Waals surface area contributed by atoms with Crippen LogP contribution in [0.1, 0.15) is 20.3 Å². The molecular formula is C17H18F2N2O4. The summed E-state index contributed by atoms with van der Waals surface area (Å²) in [6, 6.07) is 2.70. The van der Waals surface area contributed by atoms with Gasteiger partial charge in [-0.05, 0) is 17.5 Å². The number of anilines is 1. The molecule has 1 aliphatic carbocycles. The average molecular weight is 352 g/mol. The fourth-order valence-electron chi connectivity index (χ4n) is 3.65. The Kier molecular flexibility index (Phi) is 4.01. The van der Waals surface area contributed by atoms with E-state index in [4.69, 9.17) is 5.11 Å². The highest BCUT2D eigenvalue weighted by molar-refractivity contribution is 5.98. The molecule has 8 heteroatoms. The number of rotatable bonds is 4. The van der Waals surface area contributed by atoms with Crippen LogP contribution in [-0.4, -0.2) is 35.5 Å². The van der Waals surface area contributed by atoms with Gasteiger partial charge in [-0.25, -0.2) is 8.78 Å². The number of benzene rings is 1. The van der Waals surface area contributed by atoms with E-state index in [0.717, 1.165) is 17.0 Å². The summed E-state index contributed by atoms with van der Waals surface area (Å²) in [7, 11) is 0. The minimum atomic E-state index is -1.04. The molecule has 2 N–H and O–H groups in total. The van der Waals surface area contributed by atoms with Crippen LogP contribution in [0.5, 0.6) is 0 Å². The van der Waals surface area contributed by atoms with Gasteiger partial charge in [-0.2, -0.15) is 0 Å². The molecule has 1 aliphatic heterocycles. The van der Waals surface area contributed by atoms with E-state index in [2.05, 4.69) is 5.32 Å². The molecule has 1 saturated carbocycles. The van der Waals surface area contributed by atoms with Crippen molar-refractivity contribution in [3.05, 3.63) is 29.8 Å². The third kappa shape index (κ3) is 2.85. The van der Waals surface area contributed by atoms with E-state index >= 15 is 0 Å². The van der Waals surface area contributed by atoms with Crippen LogP contribution in [0.2, 0.25) is 0 Å². The van der Waals surface area contributed by atoms with Crippen LogP contribution in [0.4, 0.5) is 14.5 Å². The molecule has 3 atom stereocenters. The van der Waals surface area contributed by atoms with Gasteiger partial charge in [0.15, 0.2) is 0 Å². The number of carboxylic acids is 1. The second-order valence-corrected chi connectivity index (χ2v) is 7.10. The molecule has 1 unspecified atom stereocenters. The molecule has 2 aliphatic rings. The Hall–Kier alpha value is -2.51. The lowest BCUT2D eigenvalue weighted by atomic mass is 10.1. The number of para-hydroxylation sites is 1. The maximum atomic E-state index is 13.9. The van der Waals surface area contributed by atoms with Gasteiger partial charge in [0.25, 0.3) is 0 Å². The Morgan fingerprint density at radius 3 is 2.36 bits per heavy atom. The number of carbonyl (C=O) groups is 3. The minimum absolute atomic E-state index is 0.0622. The Balaban J connectivity index is 1.70. The second-order valence-electron chi connectivity index (χ2n) is 7.10. The summed E-state index contributed by atoms with van der Waals surface area (Å²) in [5.74, 6) is -5.15. The van der Waals surface area contributed by atoms with Crippen LogP contribution < -0.4 is 10.2 Å². The van der Waals surface area contributed by atoms with Crippen LogP contribution in [0.15, 0.2) is 18.2 Å². The fraction of sp³-hybridized carbons (Fsp3) is 0.471. The highest BCUT2D eigenvalue weighted by Crippen LogP contribution is 2.58. The first-order valence-corrected chi connectivity index (χ1v) is 7.92. The van der Waals surface area contributed by atoms with E-state index < -0.39 is 58.4 Å². The first-order valence-electron chi connectivity index (χ1n) is 7.92. The number of aliphatic carboxylic acids is 1. The molecule has 134 valence electrons. The minimum Gasteiger partial charge on any atom is -0.481 e. The van der Waals surface area contributed by atoms with Gasteiger partial charge < -0.3 is 15.3 Å². The van der Waals surface area contributed by atoms with Crippen molar-refractivity contribution in [2.45, 2.75) is 26.3 Å². The first-order chi connectivity index (χ1) is 11.6. The zero-order chi connectivity index (χ0) is 18.5. The van der Waals surface area contributed by atoms with Gasteiger partial charge in [-0.3, -0.25) is 14.4 Å². The van der Waals surface area contributed by atoms with Crippen molar-refractivity contribution in [3.63, 3.8) is 0 Å². The summed E-state index contributed by atoms with van der Waals surface area (Å²) in [6.07, 6.45) is -0.0929. The van der Waals surface area contributed by atoms with Gasteiger partial charge in [0.2, 0.25) is 11.8 Å². The molecule has 1 saturated heterocycles. The van der Waals surface area contributed by atoms with Crippen molar-refractivity contribution in [1.29, 1.82) is 0 Å². The molecule has 0 bridgehead atoms.